The van der Waals surface area contributed by atoms with Crippen LogP contribution in [0, 0.1) is 0 Å². The van der Waals surface area contributed by atoms with Gasteiger partial charge < -0.3 is 9.80 Å². The van der Waals surface area contributed by atoms with Gasteiger partial charge >= 0.3 is 0 Å². The van der Waals surface area contributed by atoms with Crippen LogP contribution in [0.4, 0.5) is 11.6 Å². The van der Waals surface area contributed by atoms with Crippen LogP contribution in [0.5, 0.6) is 0 Å². The lowest BCUT2D eigenvalue weighted by molar-refractivity contribution is 0.766. The first kappa shape index (κ1) is 12.4. The molecule has 0 amide bonds. The zero-order valence-corrected chi connectivity index (χ0v) is 12.3. The van der Waals surface area contributed by atoms with Gasteiger partial charge in [-0.1, -0.05) is 18.2 Å². The highest BCUT2D eigenvalue weighted by Gasteiger charge is 2.18. The minimum atomic E-state index is 0.785. The minimum absolute atomic E-state index is 0.785. The van der Waals surface area contributed by atoms with E-state index in [0.29, 0.717) is 0 Å². The number of nitrogens with zero attached hydrogens (tertiary/aromatic N) is 4. The summed E-state index contributed by atoms with van der Waals surface area (Å²) in [4.78, 5) is 13.3. The van der Waals surface area contributed by atoms with Gasteiger partial charge in [0.25, 0.3) is 0 Å². The maximum absolute atomic E-state index is 4.39. The van der Waals surface area contributed by atoms with Crippen LogP contribution >= 0.6 is 15.9 Å². The van der Waals surface area contributed by atoms with Crippen molar-refractivity contribution in [3.8, 4) is 0 Å². The van der Waals surface area contributed by atoms with Gasteiger partial charge in [-0.25, -0.2) is 9.97 Å². The highest BCUT2D eigenvalue weighted by molar-refractivity contribution is 9.10. The summed E-state index contributed by atoms with van der Waals surface area (Å²) in [5.74, 6) is 0.785. The first-order chi connectivity index (χ1) is 9.24. The Morgan fingerprint density at radius 1 is 1.11 bits per heavy atom. The van der Waals surface area contributed by atoms with Crippen LogP contribution in [0.1, 0.15) is 5.56 Å². The zero-order chi connectivity index (χ0) is 13.2. The van der Waals surface area contributed by atoms with Gasteiger partial charge in [0.2, 0.25) is 5.95 Å². The van der Waals surface area contributed by atoms with Crippen molar-refractivity contribution in [3.63, 3.8) is 0 Å². The van der Waals surface area contributed by atoms with Gasteiger partial charge in [0, 0.05) is 44.8 Å². The van der Waals surface area contributed by atoms with Gasteiger partial charge in [0.15, 0.2) is 0 Å². The van der Waals surface area contributed by atoms with Crippen molar-refractivity contribution < 1.29 is 0 Å². The molecule has 19 heavy (non-hydrogen) atoms. The standard InChI is InChI=1S/C14H15BrN4/c1-18-6-7-19(14-16-8-12(15)9-17-14)10-11-4-2-3-5-13(11)18/h2-5,8-9H,6-7,10H2,1H3. The molecule has 0 N–H and O–H groups in total. The van der Waals surface area contributed by atoms with Crippen molar-refractivity contribution in [2.75, 3.05) is 29.9 Å². The van der Waals surface area contributed by atoms with Gasteiger partial charge in [-0.2, -0.15) is 0 Å². The Kier molecular flexibility index (Phi) is 3.38. The molecule has 0 fully saturated rings. The van der Waals surface area contributed by atoms with Gasteiger partial charge in [-0.3, -0.25) is 0 Å². The first-order valence-corrected chi connectivity index (χ1v) is 7.05. The monoisotopic (exact) mass is 318 g/mol. The second-order valence-electron chi connectivity index (χ2n) is 4.67. The summed E-state index contributed by atoms with van der Waals surface area (Å²) in [6.45, 7) is 2.74. The van der Waals surface area contributed by atoms with E-state index in [1.54, 1.807) is 12.4 Å². The number of likely N-dealkylation sites (N-methyl/N-ethyl adjacent to an activating group) is 1. The first-order valence-electron chi connectivity index (χ1n) is 6.25. The molecule has 1 aromatic heterocycles. The van der Waals surface area contributed by atoms with Crippen LogP contribution in [0.25, 0.3) is 0 Å². The predicted octanol–water partition coefficient (Wildman–Crippen LogP) is 2.70. The molecule has 98 valence electrons. The van der Waals surface area contributed by atoms with Crippen LogP contribution in [0.15, 0.2) is 41.1 Å². The molecule has 0 bridgehead atoms. The maximum Gasteiger partial charge on any atom is 0.225 e. The number of para-hydroxylation sites is 1. The van der Waals surface area contributed by atoms with Crippen LogP contribution in [0.2, 0.25) is 0 Å². The van der Waals surface area contributed by atoms with E-state index in [1.165, 1.54) is 11.3 Å². The number of hydrogen-bond donors (Lipinski definition) is 0. The molecule has 0 radical (unpaired) electrons. The van der Waals surface area contributed by atoms with E-state index in [0.717, 1.165) is 30.1 Å². The topological polar surface area (TPSA) is 32.3 Å². The van der Waals surface area contributed by atoms with Crippen molar-refractivity contribution in [1.82, 2.24) is 9.97 Å². The van der Waals surface area contributed by atoms with Crippen molar-refractivity contribution in [2.24, 2.45) is 0 Å². The molecule has 0 saturated heterocycles. The smallest absolute Gasteiger partial charge is 0.225 e. The molecular formula is C14H15BrN4. The van der Waals surface area contributed by atoms with E-state index in [-0.39, 0.29) is 0 Å². The number of benzene rings is 1. The Morgan fingerprint density at radius 3 is 2.63 bits per heavy atom. The molecule has 1 aliphatic heterocycles. The van der Waals surface area contributed by atoms with Crippen LogP contribution in [0.3, 0.4) is 0 Å². The second-order valence-corrected chi connectivity index (χ2v) is 5.59. The molecule has 0 aliphatic carbocycles. The van der Waals surface area contributed by atoms with E-state index in [9.17, 15) is 0 Å². The third-order valence-electron chi connectivity index (χ3n) is 3.36. The quantitative estimate of drug-likeness (QED) is 0.809. The SMILES string of the molecule is CN1CCN(c2ncc(Br)cn2)Cc2ccccc21. The molecule has 0 spiro atoms. The lowest BCUT2D eigenvalue weighted by Gasteiger charge is -2.20. The van der Waals surface area contributed by atoms with Crippen molar-refractivity contribution >= 4 is 27.6 Å². The summed E-state index contributed by atoms with van der Waals surface area (Å²) in [7, 11) is 2.13. The average Bonchev–Trinajstić information content (AvgIpc) is 2.60. The number of aromatic nitrogens is 2. The van der Waals surface area contributed by atoms with Crippen LogP contribution < -0.4 is 9.80 Å². The summed E-state index contributed by atoms with van der Waals surface area (Å²) >= 11 is 3.37. The Bertz CT molecular complexity index is 570. The van der Waals surface area contributed by atoms with E-state index in [4.69, 9.17) is 0 Å². The summed E-state index contributed by atoms with van der Waals surface area (Å²) < 4.78 is 0.906. The van der Waals surface area contributed by atoms with E-state index < -0.39 is 0 Å². The summed E-state index contributed by atoms with van der Waals surface area (Å²) in [6, 6.07) is 8.50. The number of fused-ring (bicyclic) bond motifs is 1. The van der Waals surface area contributed by atoms with Gasteiger partial charge in [0.05, 0.1) is 4.47 Å². The van der Waals surface area contributed by atoms with Crippen molar-refractivity contribution in [3.05, 3.63) is 46.7 Å². The van der Waals surface area contributed by atoms with Crippen LogP contribution in [-0.4, -0.2) is 30.1 Å². The van der Waals surface area contributed by atoms with Crippen molar-refractivity contribution in [1.29, 1.82) is 0 Å². The molecule has 5 heteroatoms. The molecule has 2 aromatic rings. The lowest BCUT2D eigenvalue weighted by Crippen LogP contribution is -2.30. The second kappa shape index (κ2) is 5.17. The van der Waals surface area contributed by atoms with Gasteiger partial charge in [-0.15, -0.1) is 0 Å². The highest BCUT2D eigenvalue weighted by atomic mass is 79.9. The lowest BCUT2D eigenvalue weighted by atomic mass is 10.1. The maximum atomic E-state index is 4.39. The fourth-order valence-corrected chi connectivity index (χ4v) is 2.54. The minimum Gasteiger partial charge on any atom is -0.373 e. The summed E-state index contributed by atoms with van der Waals surface area (Å²) in [5, 5.41) is 0. The predicted molar refractivity (Wildman–Crippen MR) is 80.5 cm³/mol. The van der Waals surface area contributed by atoms with Gasteiger partial charge in [0.1, 0.15) is 0 Å². The number of halogens is 1. The molecule has 4 nitrogen and oxygen atoms in total. The Hall–Kier alpha value is -1.62. The average molecular weight is 319 g/mol. The number of hydrogen-bond acceptors (Lipinski definition) is 4. The third kappa shape index (κ3) is 2.56. The van der Waals surface area contributed by atoms with Gasteiger partial charge in [-0.05, 0) is 27.6 Å². The molecule has 3 rings (SSSR count). The molecule has 1 aromatic carbocycles. The largest absolute Gasteiger partial charge is 0.373 e. The summed E-state index contributed by atoms with van der Waals surface area (Å²) in [6.07, 6.45) is 3.59. The molecule has 1 aliphatic rings. The van der Waals surface area contributed by atoms with Crippen LogP contribution in [-0.2, 0) is 6.54 Å². The highest BCUT2D eigenvalue weighted by Crippen LogP contribution is 2.25. The number of rotatable bonds is 1. The fraction of sp³-hybridized carbons (Fsp3) is 0.286. The molecule has 2 heterocycles. The Morgan fingerprint density at radius 2 is 1.84 bits per heavy atom. The van der Waals surface area contributed by atoms with E-state index in [2.05, 4.69) is 67.0 Å². The third-order valence-corrected chi connectivity index (χ3v) is 3.77. The summed E-state index contributed by atoms with van der Waals surface area (Å²) in [5.41, 5.74) is 2.61. The zero-order valence-electron chi connectivity index (χ0n) is 10.8. The van der Waals surface area contributed by atoms with Crippen molar-refractivity contribution in [2.45, 2.75) is 6.54 Å². The van der Waals surface area contributed by atoms with E-state index >= 15 is 0 Å². The Labute approximate surface area is 121 Å². The normalized spacial score (nSPS) is 15.1. The fourth-order valence-electron chi connectivity index (χ4n) is 2.33. The number of anilines is 2. The molecule has 0 atom stereocenters. The van der Waals surface area contributed by atoms with E-state index in [1.807, 2.05) is 0 Å². The Balaban J connectivity index is 1.92. The molecule has 0 unspecified atom stereocenters. The molecular weight excluding hydrogens is 304 g/mol. The molecule has 0 saturated carbocycles.